The molecule has 2 rings (SSSR count). The van der Waals surface area contributed by atoms with Crippen LogP contribution >= 0.6 is 11.6 Å². The molecular formula is C14H13ClN2O5. The first-order valence-electron chi connectivity index (χ1n) is 6.34. The third kappa shape index (κ3) is 2.94. The molecule has 116 valence electrons. The van der Waals surface area contributed by atoms with Crippen molar-refractivity contribution in [1.82, 2.24) is 10.2 Å². The smallest absolute Gasteiger partial charge is 0.413 e. The van der Waals surface area contributed by atoms with Crippen molar-refractivity contribution >= 4 is 35.4 Å². The number of carbonyl (C=O) groups is 4. The van der Waals surface area contributed by atoms with E-state index in [1.807, 2.05) is 5.32 Å². The van der Waals surface area contributed by atoms with E-state index in [0.29, 0.717) is 10.6 Å². The summed E-state index contributed by atoms with van der Waals surface area (Å²) >= 11 is 5.87. The van der Waals surface area contributed by atoms with E-state index in [9.17, 15) is 19.2 Å². The number of rotatable bonds is 2. The Morgan fingerprint density at radius 3 is 2.68 bits per heavy atom. The number of nitrogens with zero attached hydrogens (tertiary/aromatic N) is 1. The summed E-state index contributed by atoms with van der Waals surface area (Å²) in [6.45, 7) is 0. The quantitative estimate of drug-likeness (QED) is 0.828. The molecule has 0 fully saturated rings. The van der Waals surface area contributed by atoms with Gasteiger partial charge in [-0.05, 0) is 17.7 Å². The molecule has 22 heavy (non-hydrogen) atoms. The van der Waals surface area contributed by atoms with Crippen LogP contribution in [0.4, 0.5) is 4.79 Å². The molecule has 0 saturated carbocycles. The minimum atomic E-state index is -0.908. The van der Waals surface area contributed by atoms with Crippen molar-refractivity contribution < 1.29 is 23.9 Å². The fourth-order valence-corrected chi connectivity index (χ4v) is 2.44. The highest BCUT2D eigenvalue weighted by Crippen LogP contribution is 2.32. The van der Waals surface area contributed by atoms with Crippen LogP contribution in [0.1, 0.15) is 28.3 Å². The summed E-state index contributed by atoms with van der Waals surface area (Å²) in [6.07, 6.45) is -1.19. The number of imide groups is 2. The highest BCUT2D eigenvalue weighted by Gasteiger charge is 2.38. The number of alkyl carbamates (subject to hydrolysis) is 1. The fourth-order valence-electron chi connectivity index (χ4n) is 2.26. The van der Waals surface area contributed by atoms with Crippen molar-refractivity contribution in [3.63, 3.8) is 0 Å². The van der Waals surface area contributed by atoms with E-state index in [4.69, 9.17) is 11.6 Å². The first-order chi connectivity index (χ1) is 10.3. The van der Waals surface area contributed by atoms with Crippen molar-refractivity contribution in [1.29, 1.82) is 0 Å². The molecule has 1 unspecified atom stereocenters. The van der Waals surface area contributed by atoms with Gasteiger partial charge in [-0.3, -0.25) is 24.6 Å². The van der Waals surface area contributed by atoms with Crippen molar-refractivity contribution in [3.05, 3.63) is 34.3 Å². The van der Waals surface area contributed by atoms with Gasteiger partial charge in [0.2, 0.25) is 11.8 Å². The third-order valence-electron chi connectivity index (χ3n) is 3.37. The predicted molar refractivity (Wildman–Crippen MR) is 76.5 cm³/mol. The molecule has 0 spiro atoms. The van der Waals surface area contributed by atoms with Crippen molar-refractivity contribution in [3.8, 4) is 0 Å². The van der Waals surface area contributed by atoms with Gasteiger partial charge in [-0.1, -0.05) is 17.7 Å². The Balaban J connectivity index is 2.33. The van der Waals surface area contributed by atoms with E-state index in [1.54, 1.807) is 0 Å². The molecule has 0 radical (unpaired) electrons. The number of halogens is 1. The summed E-state index contributed by atoms with van der Waals surface area (Å²) in [7, 11) is 2.46. The molecule has 1 aliphatic rings. The Morgan fingerprint density at radius 2 is 2.05 bits per heavy atom. The maximum Gasteiger partial charge on any atom is 0.413 e. The maximum absolute atomic E-state index is 12.3. The summed E-state index contributed by atoms with van der Waals surface area (Å²) in [4.78, 5) is 48.1. The number of nitrogens with one attached hydrogen (secondary N) is 1. The Morgan fingerprint density at radius 1 is 1.36 bits per heavy atom. The van der Waals surface area contributed by atoms with Crippen molar-refractivity contribution in [2.24, 2.45) is 0 Å². The number of amides is 4. The van der Waals surface area contributed by atoms with Gasteiger partial charge in [0.1, 0.15) is 0 Å². The largest absolute Gasteiger partial charge is 0.453 e. The number of benzene rings is 1. The topological polar surface area (TPSA) is 92.8 Å². The van der Waals surface area contributed by atoms with E-state index in [-0.39, 0.29) is 12.0 Å². The molecule has 1 N–H and O–H groups in total. The van der Waals surface area contributed by atoms with Crippen LogP contribution in [-0.4, -0.2) is 42.9 Å². The second-order valence-corrected chi connectivity index (χ2v) is 5.17. The highest BCUT2D eigenvalue weighted by molar-refractivity contribution is 6.31. The summed E-state index contributed by atoms with van der Waals surface area (Å²) in [5, 5.41) is 2.34. The maximum atomic E-state index is 12.3. The van der Waals surface area contributed by atoms with Gasteiger partial charge in [0.15, 0.2) is 0 Å². The molecule has 4 amide bonds. The number of carbonyl (C=O) groups excluding carboxylic acids is 4. The summed E-state index contributed by atoms with van der Waals surface area (Å²) in [6, 6.07) is 4.53. The summed E-state index contributed by atoms with van der Waals surface area (Å²) in [5.74, 6) is -2.53. The van der Waals surface area contributed by atoms with E-state index in [1.165, 1.54) is 25.2 Å². The summed E-state index contributed by atoms with van der Waals surface area (Å²) in [5.41, 5.74) is 0.683. The lowest BCUT2D eigenvalue weighted by atomic mass is 9.86. The molecule has 1 atom stereocenters. The second kappa shape index (κ2) is 6.15. The first-order valence-corrected chi connectivity index (χ1v) is 6.72. The average molecular weight is 325 g/mol. The number of likely N-dealkylation sites (N-methyl/N-ethyl adjacent to an activating group) is 1. The molecule has 0 aliphatic carbocycles. The second-order valence-electron chi connectivity index (χ2n) is 4.73. The predicted octanol–water partition coefficient (Wildman–Crippen LogP) is 1.31. The van der Waals surface area contributed by atoms with E-state index in [2.05, 4.69) is 4.74 Å². The van der Waals surface area contributed by atoms with Gasteiger partial charge in [-0.2, -0.15) is 0 Å². The molecule has 1 aromatic carbocycles. The summed E-state index contributed by atoms with van der Waals surface area (Å²) < 4.78 is 4.32. The Kier molecular flexibility index (Phi) is 4.46. The van der Waals surface area contributed by atoms with Gasteiger partial charge in [0.05, 0.1) is 13.0 Å². The standard InChI is InChI=1S/C14H13ClN2O5/c1-17-12(19)9-5-7(15)3-4-8(9)10(13(17)20)6-11(18)16-14(21)22-2/h3-5,10H,6H2,1-2H3,(H,16,18,21). The van der Waals surface area contributed by atoms with Crippen LogP contribution < -0.4 is 5.32 Å². The zero-order chi connectivity index (χ0) is 16.4. The van der Waals surface area contributed by atoms with Gasteiger partial charge in [-0.15, -0.1) is 0 Å². The van der Waals surface area contributed by atoms with Crippen LogP contribution in [0.3, 0.4) is 0 Å². The molecule has 0 saturated heterocycles. The van der Waals surface area contributed by atoms with Gasteiger partial charge >= 0.3 is 6.09 Å². The number of hydrogen-bond acceptors (Lipinski definition) is 5. The van der Waals surface area contributed by atoms with Gasteiger partial charge in [-0.25, -0.2) is 4.79 Å². The van der Waals surface area contributed by atoms with Gasteiger partial charge < -0.3 is 4.74 Å². The Labute approximate surface area is 131 Å². The lowest BCUT2D eigenvalue weighted by molar-refractivity contribution is -0.132. The molecule has 8 heteroatoms. The Hall–Kier alpha value is -2.41. The molecule has 7 nitrogen and oxygen atoms in total. The lowest BCUT2D eigenvalue weighted by Crippen LogP contribution is -2.44. The first kappa shape index (κ1) is 16.0. The van der Waals surface area contributed by atoms with E-state index in [0.717, 1.165) is 12.0 Å². The molecule has 1 aliphatic heterocycles. The zero-order valence-corrected chi connectivity index (χ0v) is 12.6. The normalized spacial score (nSPS) is 17.0. The number of methoxy groups -OCH3 is 1. The van der Waals surface area contributed by atoms with Crippen LogP contribution in [-0.2, 0) is 14.3 Å². The molecule has 1 aromatic rings. The van der Waals surface area contributed by atoms with Crippen LogP contribution in [0, 0.1) is 0 Å². The SMILES string of the molecule is COC(=O)NC(=O)CC1C(=O)N(C)C(=O)c2cc(Cl)ccc21. The third-order valence-corrected chi connectivity index (χ3v) is 3.61. The molecule has 0 bridgehead atoms. The monoisotopic (exact) mass is 324 g/mol. The molecule has 0 aromatic heterocycles. The molecular weight excluding hydrogens is 312 g/mol. The number of ether oxygens (including phenoxy) is 1. The van der Waals surface area contributed by atoms with Crippen LogP contribution in [0.15, 0.2) is 18.2 Å². The van der Waals surface area contributed by atoms with E-state index < -0.39 is 29.7 Å². The van der Waals surface area contributed by atoms with Crippen LogP contribution in [0.2, 0.25) is 5.02 Å². The lowest BCUT2D eigenvalue weighted by Gasteiger charge is -2.29. The number of hydrogen-bond donors (Lipinski definition) is 1. The Bertz CT molecular complexity index is 673. The van der Waals surface area contributed by atoms with E-state index >= 15 is 0 Å². The van der Waals surface area contributed by atoms with Gasteiger partial charge in [0, 0.05) is 24.1 Å². The molecule has 1 heterocycles. The minimum absolute atomic E-state index is 0.269. The average Bonchev–Trinajstić information content (AvgIpc) is 2.49. The van der Waals surface area contributed by atoms with Crippen molar-refractivity contribution in [2.45, 2.75) is 12.3 Å². The number of fused-ring (bicyclic) bond motifs is 1. The fraction of sp³-hybridized carbons (Fsp3) is 0.286. The minimum Gasteiger partial charge on any atom is -0.453 e. The zero-order valence-electron chi connectivity index (χ0n) is 11.9. The van der Waals surface area contributed by atoms with Crippen LogP contribution in [0.5, 0.6) is 0 Å². The van der Waals surface area contributed by atoms with Crippen molar-refractivity contribution in [2.75, 3.05) is 14.2 Å². The van der Waals surface area contributed by atoms with Gasteiger partial charge in [0.25, 0.3) is 5.91 Å². The van der Waals surface area contributed by atoms with Crippen LogP contribution in [0.25, 0.3) is 0 Å². The highest BCUT2D eigenvalue weighted by atomic mass is 35.5.